The molecule has 0 aliphatic carbocycles. The zero-order valence-corrected chi connectivity index (χ0v) is 17.7. The summed E-state index contributed by atoms with van der Waals surface area (Å²) in [6, 6.07) is 17.9. The van der Waals surface area contributed by atoms with E-state index >= 15 is 0 Å². The highest BCUT2D eigenvalue weighted by Crippen LogP contribution is 2.50. The fraction of sp³-hybridized carbons (Fsp3) is 0.520. The molecule has 150 valence electrons. The Labute approximate surface area is 169 Å². The van der Waals surface area contributed by atoms with Crippen molar-refractivity contribution in [1.82, 2.24) is 10.6 Å². The van der Waals surface area contributed by atoms with Crippen molar-refractivity contribution in [2.45, 2.75) is 56.4 Å². The number of benzene rings is 2. The van der Waals surface area contributed by atoms with E-state index in [2.05, 4.69) is 79.9 Å². The minimum Gasteiger partial charge on any atom is -0.496 e. The molecule has 3 nitrogen and oxygen atoms in total. The lowest BCUT2D eigenvalue weighted by atomic mass is 9.70. The first kappa shape index (κ1) is 19.5. The largest absolute Gasteiger partial charge is 0.496 e. The molecule has 0 radical (unpaired) electrons. The van der Waals surface area contributed by atoms with Crippen molar-refractivity contribution in [3.05, 3.63) is 65.2 Å². The van der Waals surface area contributed by atoms with E-state index in [4.69, 9.17) is 4.74 Å². The molecular weight excluding hydrogens is 344 g/mol. The van der Waals surface area contributed by atoms with Gasteiger partial charge in [0, 0.05) is 30.5 Å². The first-order valence-corrected chi connectivity index (χ1v) is 10.6. The summed E-state index contributed by atoms with van der Waals surface area (Å²) >= 11 is 0. The normalized spacial score (nSPS) is 27.9. The maximum Gasteiger partial charge on any atom is 0.122 e. The minimum absolute atomic E-state index is 0.118. The highest BCUT2D eigenvalue weighted by molar-refractivity contribution is 5.46. The van der Waals surface area contributed by atoms with Crippen LogP contribution in [0.4, 0.5) is 0 Å². The summed E-state index contributed by atoms with van der Waals surface area (Å²) in [5.41, 5.74) is 4.40. The number of piperidine rings is 1. The number of hydrogen-bond donors (Lipinski definition) is 2. The van der Waals surface area contributed by atoms with E-state index in [0.29, 0.717) is 11.8 Å². The molecule has 4 rings (SSSR count). The summed E-state index contributed by atoms with van der Waals surface area (Å²) in [6.45, 7) is 10.0. The lowest BCUT2D eigenvalue weighted by Gasteiger charge is -2.41. The van der Waals surface area contributed by atoms with Crippen LogP contribution in [-0.2, 0) is 5.41 Å². The van der Waals surface area contributed by atoms with E-state index in [-0.39, 0.29) is 11.0 Å². The number of hydrogen-bond acceptors (Lipinski definition) is 3. The maximum atomic E-state index is 5.84. The van der Waals surface area contributed by atoms with Gasteiger partial charge < -0.3 is 15.4 Å². The lowest BCUT2D eigenvalue weighted by molar-refractivity contribution is 0.251. The van der Waals surface area contributed by atoms with Crippen LogP contribution in [0.1, 0.15) is 62.1 Å². The van der Waals surface area contributed by atoms with E-state index in [1.807, 2.05) is 0 Å². The van der Waals surface area contributed by atoms with Crippen molar-refractivity contribution in [1.29, 1.82) is 0 Å². The SMILES string of the molecule is COc1ccc(C(C)(C)C)cc1[C@@H]1CN[C@]2(CCCNC2)C1c1ccccc1. The van der Waals surface area contributed by atoms with Gasteiger partial charge in [0.1, 0.15) is 5.75 Å². The van der Waals surface area contributed by atoms with Crippen LogP contribution in [0.25, 0.3) is 0 Å². The average Bonchev–Trinajstić information content (AvgIpc) is 3.06. The Kier molecular flexibility index (Phi) is 5.24. The Bertz CT molecular complexity index is 803. The second-order valence-corrected chi connectivity index (χ2v) is 9.52. The molecule has 3 atom stereocenters. The summed E-state index contributed by atoms with van der Waals surface area (Å²) in [5.74, 6) is 1.85. The molecule has 0 saturated carbocycles. The fourth-order valence-electron chi connectivity index (χ4n) is 5.26. The summed E-state index contributed by atoms with van der Waals surface area (Å²) in [6.07, 6.45) is 2.44. The standard InChI is InChI=1S/C25H34N2O/c1-24(2,3)19-11-12-22(28-4)20(15-19)21-16-27-25(13-8-14-26-17-25)23(21)18-9-6-5-7-10-18/h5-7,9-12,15,21,23,26-27H,8,13-14,16-17H2,1-4H3/t21-,23?,25-/m0/s1. The van der Waals surface area contributed by atoms with Crippen molar-refractivity contribution in [3.63, 3.8) is 0 Å². The number of nitrogens with one attached hydrogen (secondary N) is 2. The third kappa shape index (κ3) is 3.46. The van der Waals surface area contributed by atoms with E-state index in [9.17, 15) is 0 Å². The van der Waals surface area contributed by atoms with Gasteiger partial charge in [-0.1, -0.05) is 63.2 Å². The fourth-order valence-corrected chi connectivity index (χ4v) is 5.26. The molecule has 2 fully saturated rings. The molecule has 2 saturated heterocycles. The Morgan fingerprint density at radius 1 is 1.07 bits per heavy atom. The van der Waals surface area contributed by atoms with E-state index in [1.165, 1.54) is 29.5 Å². The van der Waals surface area contributed by atoms with Gasteiger partial charge in [-0.15, -0.1) is 0 Å². The third-order valence-corrected chi connectivity index (χ3v) is 6.74. The van der Waals surface area contributed by atoms with Gasteiger partial charge >= 0.3 is 0 Å². The number of rotatable bonds is 3. The molecule has 1 spiro atoms. The second-order valence-electron chi connectivity index (χ2n) is 9.52. The molecular formula is C25H34N2O. The molecule has 2 N–H and O–H groups in total. The van der Waals surface area contributed by atoms with Crippen molar-refractivity contribution >= 4 is 0 Å². The van der Waals surface area contributed by atoms with Gasteiger partial charge in [0.25, 0.3) is 0 Å². The monoisotopic (exact) mass is 378 g/mol. The van der Waals surface area contributed by atoms with Crippen LogP contribution < -0.4 is 15.4 Å². The van der Waals surface area contributed by atoms with E-state index in [1.54, 1.807) is 7.11 Å². The van der Waals surface area contributed by atoms with Gasteiger partial charge in [-0.25, -0.2) is 0 Å². The maximum absolute atomic E-state index is 5.84. The third-order valence-electron chi connectivity index (χ3n) is 6.74. The zero-order valence-electron chi connectivity index (χ0n) is 17.7. The predicted molar refractivity (Wildman–Crippen MR) is 116 cm³/mol. The van der Waals surface area contributed by atoms with Crippen LogP contribution in [0.2, 0.25) is 0 Å². The molecule has 2 aromatic carbocycles. The molecule has 2 aromatic rings. The van der Waals surface area contributed by atoms with Gasteiger partial charge in [0.15, 0.2) is 0 Å². The summed E-state index contributed by atoms with van der Waals surface area (Å²) in [7, 11) is 1.80. The molecule has 0 bridgehead atoms. The van der Waals surface area contributed by atoms with Crippen molar-refractivity contribution in [2.75, 3.05) is 26.7 Å². The van der Waals surface area contributed by atoms with Crippen LogP contribution in [0, 0.1) is 0 Å². The second kappa shape index (κ2) is 7.53. The summed E-state index contributed by atoms with van der Waals surface area (Å²) in [4.78, 5) is 0. The zero-order chi connectivity index (χ0) is 19.8. The lowest BCUT2D eigenvalue weighted by Crippen LogP contribution is -2.55. The quantitative estimate of drug-likeness (QED) is 0.820. The minimum atomic E-state index is 0.118. The van der Waals surface area contributed by atoms with Crippen LogP contribution in [0.3, 0.4) is 0 Å². The van der Waals surface area contributed by atoms with E-state index < -0.39 is 0 Å². The van der Waals surface area contributed by atoms with Crippen LogP contribution in [0.5, 0.6) is 5.75 Å². The Morgan fingerprint density at radius 3 is 2.50 bits per heavy atom. The van der Waals surface area contributed by atoms with E-state index in [0.717, 1.165) is 25.4 Å². The van der Waals surface area contributed by atoms with Crippen LogP contribution in [0.15, 0.2) is 48.5 Å². The first-order valence-electron chi connectivity index (χ1n) is 10.6. The first-order chi connectivity index (χ1) is 13.4. The van der Waals surface area contributed by atoms with Gasteiger partial charge in [-0.3, -0.25) is 0 Å². The molecule has 28 heavy (non-hydrogen) atoms. The summed E-state index contributed by atoms with van der Waals surface area (Å²) in [5, 5.41) is 7.62. The van der Waals surface area contributed by atoms with Crippen LogP contribution >= 0.6 is 0 Å². The molecule has 1 unspecified atom stereocenters. The van der Waals surface area contributed by atoms with Gasteiger partial charge in [0.2, 0.25) is 0 Å². The van der Waals surface area contributed by atoms with Gasteiger partial charge in [-0.2, -0.15) is 0 Å². The molecule has 2 aliphatic rings. The Hall–Kier alpha value is -1.84. The van der Waals surface area contributed by atoms with Crippen molar-refractivity contribution in [2.24, 2.45) is 0 Å². The van der Waals surface area contributed by atoms with Crippen LogP contribution in [-0.4, -0.2) is 32.3 Å². The number of ether oxygens (including phenoxy) is 1. The van der Waals surface area contributed by atoms with Gasteiger partial charge in [0.05, 0.1) is 7.11 Å². The predicted octanol–water partition coefficient (Wildman–Crippen LogP) is 4.59. The highest BCUT2D eigenvalue weighted by Gasteiger charge is 2.50. The summed E-state index contributed by atoms with van der Waals surface area (Å²) < 4.78 is 5.84. The smallest absolute Gasteiger partial charge is 0.122 e. The average molecular weight is 379 g/mol. The highest BCUT2D eigenvalue weighted by atomic mass is 16.5. The van der Waals surface area contributed by atoms with Crippen molar-refractivity contribution < 1.29 is 4.74 Å². The molecule has 0 amide bonds. The number of methoxy groups -OCH3 is 1. The molecule has 2 aliphatic heterocycles. The molecule has 0 aromatic heterocycles. The molecule has 2 heterocycles. The topological polar surface area (TPSA) is 33.3 Å². The van der Waals surface area contributed by atoms with Crippen molar-refractivity contribution in [3.8, 4) is 5.75 Å². The molecule has 3 heteroatoms. The Morgan fingerprint density at radius 2 is 1.86 bits per heavy atom. The Balaban J connectivity index is 1.82. The van der Waals surface area contributed by atoms with Gasteiger partial charge in [-0.05, 0) is 47.6 Å².